The van der Waals surface area contributed by atoms with Crippen molar-refractivity contribution in [2.45, 2.75) is 31.9 Å². The lowest BCUT2D eigenvalue weighted by atomic mass is 10.0. The van der Waals surface area contributed by atoms with Crippen LogP contribution in [-0.2, 0) is 0 Å². The highest BCUT2D eigenvalue weighted by atomic mass is 16.3. The van der Waals surface area contributed by atoms with Crippen LogP contribution in [0.4, 0.5) is 0 Å². The fraction of sp³-hybridized carbons (Fsp3) is 0.833. The van der Waals surface area contributed by atoms with Crippen LogP contribution in [0.2, 0.25) is 0 Å². The van der Waals surface area contributed by atoms with Crippen LogP contribution < -0.4 is 0 Å². The molecule has 2 unspecified atom stereocenters. The van der Waals surface area contributed by atoms with E-state index >= 15 is 0 Å². The van der Waals surface area contributed by atoms with Gasteiger partial charge >= 0.3 is 0 Å². The standard InChI is InChI=1S/C12H24N2O/c1-10(2)7-12(15)8-11-9-13(3)5-6-14(11)4/h11-12,15H,1,5-9H2,2-4H3. The Bertz CT molecular complexity index is 218. The zero-order chi connectivity index (χ0) is 11.4. The normalized spacial score (nSPS) is 26.5. The van der Waals surface area contributed by atoms with Crippen LogP contribution in [0.15, 0.2) is 12.2 Å². The lowest BCUT2D eigenvalue weighted by molar-refractivity contribution is 0.0639. The van der Waals surface area contributed by atoms with Gasteiger partial charge in [0, 0.05) is 25.7 Å². The maximum Gasteiger partial charge on any atom is 0.0592 e. The highest BCUT2D eigenvalue weighted by molar-refractivity contribution is 4.92. The lowest BCUT2D eigenvalue weighted by Crippen LogP contribution is -2.51. The number of hydrogen-bond acceptors (Lipinski definition) is 3. The highest BCUT2D eigenvalue weighted by Gasteiger charge is 2.24. The van der Waals surface area contributed by atoms with Gasteiger partial charge in [0.2, 0.25) is 0 Å². The first-order valence-electron chi connectivity index (χ1n) is 5.70. The van der Waals surface area contributed by atoms with E-state index in [1.54, 1.807) is 0 Å². The van der Waals surface area contributed by atoms with Crippen LogP contribution in [0.25, 0.3) is 0 Å². The molecule has 1 saturated heterocycles. The number of aliphatic hydroxyl groups is 1. The van der Waals surface area contributed by atoms with E-state index in [1.165, 1.54) is 0 Å². The zero-order valence-electron chi connectivity index (χ0n) is 10.2. The Balaban J connectivity index is 2.38. The van der Waals surface area contributed by atoms with Crippen molar-refractivity contribution in [3.8, 4) is 0 Å². The van der Waals surface area contributed by atoms with Crippen molar-refractivity contribution < 1.29 is 5.11 Å². The van der Waals surface area contributed by atoms with Crippen LogP contribution in [0, 0.1) is 0 Å². The number of rotatable bonds is 4. The van der Waals surface area contributed by atoms with Gasteiger partial charge in [0.15, 0.2) is 0 Å². The summed E-state index contributed by atoms with van der Waals surface area (Å²) in [6, 6.07) is 0.484. The Hall–Kier alpha value is -0.380. The second kappa shape index (κ2) is 5.64. The molecular formula is C12H24N2O. The van der Waals surface area contributed by atoms with E-state index in [9.17, 15) is 5.11 Å². The van der Waals surface area contributed by atoms with Crippen molar-refractivity contribution in [2.24, 2.45) is 0 Å². The van der Waals surface area contributed by atoms with Crippen LogP contribution in [0.5, 0.6) is 0 Å². The summed E-state index contributed by atoms with van der Waals surface area (Å²) in [6.45, 7) is 9.10. The highest BCUT2D eigenvalue weighted by Crippen LogP contribution is 2.15. The van der Waals surface area contributed by atoms with E-state index in [0.717, 1.165) is 38.0 Å². The maximum atomic E-state index is 9.87. The van der Waals surface area contributed by atoms with E-state index in [4.69, 9.17) is 0 Å². The fourth-order valence-electron chi connectivity index (χ4n) is 2.16. The van der Waals surface area contributed by atoms with Gasteiger partial charge in [-0.25, -0.2) is 0 Å². The SMILES string of the molecule is C=C(C)CC(O)CC1CN(C)CCN1C. The van der Waals surface area contributed by atoms with Crippen LogP contribution >= 0.6 is 0 Å². The molecule has 1 N–H and O–H groups in total. The van der Waals surface area contributed by atoms with Crippen LogP contribution in [-0.4, -0.2) is 60.8 Å². The van der Waals surface area contributed by atoms with Crippen molar-refractivity contribution in [2.75, 3.05) is 33.7 Å². The first-order valence-corrected chi connectivity index (χ1v) is 5.70. The van der Waals surface area contributed by atoms with Crippen LogP contribution in [0.3, 0.4) is 0 Å². The summed E-state index contributed by atoms with van der Waals surface area (Å²) in [6.07, 6.45) is 1.35. The van der Waals surface area contributed by atoms with Gasteiger partial charge in [-0.1, -0.05) is 5.57 Å². The Morgan fingerprint density at radius 2 is 2.13 bits per heavy atom. The number of likely N-dealkylation sites (N-methyl/N-ethyl adjacent to an activating group) is 2. The molecule has 0 saturated carbocycles. The van der Waals surface area contributed by atoms with Crippen molar-refractivity contribution >= 4 is 0 Å². The van der Waals surface area contributed by atoms with Gasteiger partial charge in [0.25, 0.3) is 0 Å². The minimum Gasteiger partial charge on any atom is -0.393 e. The molecule has 2 atom stereocenters. The topological polar surface area (TPSA) is 26.7 Å². The average Bonchev–Trinajstić information content (AvgIpc) is 2.10. The second-order valence-corrected chi connectivity index (χ2v) is 4.95. The Kier molecular flexibility index (Phi) is 4.77. The fourth-order valence-corrected chi connectivity index (χ4v) is 2.16. The summed E-state index contributed by atoms with van der Waals surface area (Å²) in [7, 11) is 4.29. The second-order valence-electron chi connectivity index (χ2n) is 4.95. The van der Waals surface area contributed by atoms with E-state index in [-0.39, 0.29) is 6.10 Å². The summed E-state index contributed by atoms with van der Waals surface area (Å²) < 4.78 is 0. The number of aliphatic hydroxyl groups excluding tert-OH is 1. The molecule has 0 radical (unpaired) electrons. The predicted molar refractivity (Wildman–Crippen MR) is 64.0 cm³/mol. The molecule has 0 aliphatic carbocycles. The van der Waals surface area contributed by atoms with Crippen LogP contribution in [0.1, 0.15) is 19.8 Å². The van der Waals surface area contributed by atoms with E-state index in [0.29, 0.717) is 6.04 Å². The Morgan fingerprint density at radius 3 is 2.73 bits per heavy atom. The molecule has 1 rings (SSSR count). The molecule has 88 valence electrons. The molecule has 0 aromatic heterocycles. The van der Waals surface area contributed by atoms with Gasteiger partial charge in [-0.05, 0) is 33.9 Å². The Labute approximate surface area is 93.4 Å². The molecular weight excluding hydrogens is 188 g/mol. The van der Waals surface area contributed by atoms with Gasteiger partial charge in [-0.2, -0.15) is 0 Å². The lowest BCUT2D eigenvalue weighted by Gasteiger charge is -2.38. The largest absolute Gasteiger partial charge is 0.393 e. The zero-order valence-corrected chi connectivity index (χ0v) is 10.2. The third kappa shape index (κ3) is 4.33. The van der Waals surface area contributed by atoms with Gasteiger partial charge in [-0.3, -0.25) is 0 Å². The smallest absolute Gasteiger partial charge is 0.0592 e. The Morgan fingerprint density at radius 1 is 1.47 bits per heavy atom. The van der Waals surface area contributed by atoms with E-state index in [2.05, 4.69) is 30.5 Å². The monoisotopic (exact) mass is 212 g/mol. The van der Waals surface area contributed by atoms with Gasteiger partial charge in [0.1, 0.15) is 0 Å². The van der Waals surface area contributed by atoms with E-state index < -0.39 is 0 Å². The molecule has 3 heteroatoms. The minimum absolute atomic E-state index is 0.235. The molecule has 0 bridgehead atoms. The molecule has 1 fully saturated rings. The molecule has 1 heterocycles. The third-order valence-electron chi connectivity index (χ3n) is 3.11. The summed E-state index contributed by atoms with van der Waals surface area (Å²) in [5, 5.41) is 9.87. The minimum atomic E-state index is -0.235. The average molecular weight is 212 g/mol. The van der Waals surface area contributed by atoms with E-state index in [1.807, 2.05) is 6.92 Å². The molecule has 15 heavy (non-hydrogen) atoms. The number of nitrogens with zero attached hydrogens (tertiary/aromatic N) is 2. The summed E-state index contributed by atoms with van der Waals surface area (Å²) in [5.41, 5.74) is 1.06. The van der Waals surface area contributed by atoms with Crippen molar-refractivity contribution in [1.29, 1.82) is 0 Å². The summed E-state index contributed by atoms with van der Waals surface area (Å²) in [5.74, 6) is 0. The molecule has 1 aliphatic rings. The first kappa shape index (κ1) is 12.7. The summed E-state index contributed by atoms with van der Waals surface area (Å²) in [4.78, 5) is 4.68. The van der Waals surface area contributed by atoms with Gasteiger partial charge < -0.3 is 14.9 Å². The number of hydrogen-bond donors (Lipinski definition) is 1. The van der Waals surface area contributed by atoms with Gasteiger partial charge in [0.05, 0.1) is 6.10 Å². The van der Waals surface area contributed by atoms with Crippen molar-refractivity contribution in [1.82, 2.24) is 9.80 Å². The van der Waals surface area contributed by atoms with Gasteiger partial charge in [-0.15, -0.1) is 6.58 Å². The molecule has 3 nitrogen and oxygen atoms in total. The van der Waals surface area contributed by atoms with Crippen molar-refractivity contribution in [3.05, 3.63) is 12.2 Å². The molecule has 0 amide bonds. The summed E-state index contributed by atoms with van der Waals surface area (Å²) >= 11 is 0. The molecule has 0 aromatic rings. The third-order valence-corrected chi connectivity index (χ3v) is 3.11. The first-order chi connectivity index (χ1) is 6.99. The molecule has 0 aromatic carbocycles. The quantitative estimate of drug-likeness (QED) is 0.703. The number of piperazine rings is 1. The maximum absolute atomic E-state index is 9.87. The predicted octanol–water partition coefficient (Wildman–Crippen LogP) is 0.949. The van der Waals surface area contributed by atoms with Crippen molar-refractivity contribution in [3.63, 3.8) is 0 Å². The molecule has 0 spiro atoms. The molecule has 1 aliphatic heterocycles.